The van der Waals surface area contributed by atoms with E-state index in [4.69, 9.17) is 9.73 Å². The van der Waals surface area contributed by atoms with Gasteiger partial charge in [-0.25, -0.2) is 4.99 Å². The van der Waals surface area contributed by atoms with Crippen molar-refractivity contribution in [1.82, 2.24) is 20.9 Å². The molecule has 1 fully saturated rings. The maximum absolute atomic E-state index is 11.9. The van der Waals surface area contributed by atoms with Gasteiger partial charge in [-0.15, -0.1) is 0 Å². The average molecular weight is 424 g/mol. The summed E-state index contributed by atoms with van der Waals surface area (Å²) in [6.07, 6.45) is 0. The van der Waals surface area contributed by atoms with Gasteiger partial charge in [-0.2, -0.15) is 0 Å². The highest BCUT2D eigenvalue weighted by molar-refractivity contribution is 5.94. The molecule has 7 nitrogen and oxygen atoms in total. The molecule has 0 saturated carbocycles. The number of carbonyl (C=O) groups is 1. The second-order valence-corrected chi connectivity index (χ2v) is 7.49. The summed E-state index contributed by atoms with van der Waals surface area (Å²) >= 11 is 0. The largest absolute Gasteiger partial charge is 0.379 e. The lowest BCUT2D eigenvalue weighted by Crippen LogP contribution is -2.38. The standard InChI is InChI=1S/C24H33N5O2/c1-3-26-24(27-16-19-7-6-10-20(15-19)23(30)25-2)28-17-21-8-4-5-9-22(21)18-29-11-13-31-14-12-29/h4-10,15H,3,11-14,16-18H2,1-2H3,(H,25,30)(H2,26,27,28). The van der Waals surface area contributed by atoms with Crippen molar-refractivity contribution in [1.29, 1.82) is 0 Å². The third-order valence-corrected chi connectivity index (χ3v) is 5.24. The van der Waals surface area contributed by atoms with Crippen LogP contribution in [0.3, 0.4) is 0 Å². The highest BCUT2D eigenvalue weighted by Gasteiger charge is 2.13. The molecule has 1 amide bonds. The predicted octanol–water partition coefficient (Wildman–Crippen LogP) is 2.13. The number of nitrogens with one attached hydrogen (secondary N) is 3. The zero-order valence-electron chi connectivity index (χ0n) is 18.5. The molecule has 0 radical (unpaired) electrons. The monoisotopic (exact) mass is 423 g/mol. The summed E-state index contributed by atoms with van der Waals surface area (Å²) in [5.74, 6) is 0.668. The lowest BCUT2D eigenvalue weighted by molar-refractivity contribution is 0.0341. The first-order valence-corrected chi connectivity index (χ1v) is 10.9. The first-order chi connectivity index (χ1) is 15.2. The van der Waals surface area contributed by atoms with Crippen LogP contribution in [0.5, 0.6) is 0 Å². The van der Waals surface area contributed by atoms with Crippen molar-refractivity contribution in [3.05, 3.63) is 70.8 Å². The van der Waals surface area contributed by atoms with Crippen LogP contribution in [0.4, 0.5) is 0 Å². The van der Waals surface area contributed by atoms with Gasteiger partial charge < -0.3 is 20.7 Å². The number of hydrogen-bond donors (Lipinski definition) is 3. The minimum absolute atomic E-state index is 0.0901. The lowest BCUT2D eigenvalue weighted by Gasteiger charge is -2.27. The van der Waals surface area contributed by atoms with E-state index in [0.717, 1.165) is 50.9 Å². The van der Waals surface area contributed by atoms with Crippen LogP contribution in [0.15, 0.2) is 53.5 Å². The molecule has 0 bridgehead atoms. The van der Waals surface area contributed by atoms with Crippen LogP contribution >= 0.6 is 0 Å². The molecule has 3 N–H and O–H groups in total. The maximum atomic E-state index is 11.9. The van der Waals surface area contributed by atoms with Gasteiger partial charge in [0, 0.05) is 45.3 Å². The fourth-order valence-corrected chi connectivity index (χ4v) is 3.53. The van der Waals surface area contributed by atoms with Gasteiger partial charge in [-0.05, 0) is 35.7 Å². The Hall–Kier alpha value is -2.90. The van der Waals surface area contributed by atoms with Crippen molar-refractivity contribution in [2.45, 2.75) is 26.6 Å². The minimum Gasteiger partial charge on any atom is -0.379 e. The zero-order chi connectivity index (χ0) is 21.9. The maximum Gasteiger partial charge on any atom is 0.251 e. The Balaban J connectivity index is 1.63. The predicted molar refractivity (Wildman–Crippen MR) is 124 cm³/mol. The Morgan fingerprint density at radius 1 is 1.06 bits per heavy atom. The highest BCUT2D eigenvalue weighted by Crippen LogP contribution is 2.13. The van der Waals surface area contributed by atoms with Gasteiger partial charge in [-0.3, -0.25) is 9.69 Å². The number of benzene rings is 2. The molecule has 166 valence electrons. The van der Waals surface area contributed by atoms with Crippen molar-refractivity contribution in [2.75, 3.05) is 39.9 Å². The van der Waals surface area contributed by atoms with E-state index in [9.17, 15) is 4.79 Å². The molecule has 1 saturated heterocycles. The summed E-state index contributed by atoms with van der Waals surface area (Å²) in [4.78, 5) is 19.0. The van der Waals surface area contributed by atoms with Gasteiger partial charge >= 0.3 is 0 Å². The summed E-state index contributed by atoms with van der Waals surface area (Å²) in [6, 6.07) is 16.1. The van der Waals surface area contributed by atoms with Crippen molar-refractivity contribution >= 4 is 11.9 Å². The van der Waals surface area contributed by atoms with E-state index >= 15 is 0 Å². The van der Waals surface area contributed by atoms with E-state index in [-0.39, 0.29) is 5.91 Å². The Morgan fingerprint density at radius 2 is 1.84 bits per heavy atom. The van der Waals surface area contributed by atoms with Crippen LogP contribution < -0.4 is 16.0 Å². The SMILES string of the molecule is CCNC(=NCc1cccc(C(=O)NC)c1)NCc1ccccc1CN1CCOCC1. The van der Waals surface area contributed by atoms with Crippen LogP contribution in [0, 0.1) is 0 Å². The Labute approximate surface area is 184 Å². The molecule has 1 heterocycles. The highest BCUT2D eigenvalue weighted by atomic mass is 16.5. The first kappa shape index (κ1) is 22.8. The van der Waals surface area contributed by atoms with Gasteiger partial charge in [0.15, 0.2) is 5.96 Å². The molecule has 0 aromatic heterocycles. The first-order valence-electron chi connectivity index (χ1n) is 10.9. The van der Waals surface area contributed by atoms with Crippen LogP contribution in [0.2, 0.25) is 0 Å². The molecule has 0 aliphatic carbocycles. The molecule has 1 aliphatic heterocycles. The van der Waals surface area contributed by atoms with Crippen molar-refractivity contribution < 1.29 is 9.53 Å². The summed E-state index contributed by atoms with van der Waals surface area (Å²) in [5, 5.41) is 9.41. The molecule has 3 rings (SSSR count). The number of hydrogen-bond acceptors (Lipinski definition) is 4. The smallest absolute Gasteiger partial charge is 0.251 e. The Kier molecular flexibility index (Phi) is 8.87. The summed E-state index contributed by atoms with van der Waals surface area (Å²) in [7, 11) is 1.64. The van der Waals surface area contributed by atoms with E-state index in [1.807, 2.05) is 18.2 Å². The number of guanidine groups is 1. The van der Waals surface area contributed by atoms with E-state index < -0.39 is 0 Å². The second-order valence-electron chi connectivity index (χ2n) is 7.49. The van der Waals surface area contributed by atoms with Crippen LogP contribution in [0.25, 0.3) is 0 Å². The second kappa shape index (κ2) is 12.1. The van der Waals surface area contributed by atoms with E-state index in [2.05, 4.69) is 52.0 Å². The van der Waals surface area contributed by atoms with Gasteiger partial charge in [-0.1, -0.05) is 36.4 Å². The Bertz CT molecular complexity index is 878. The van der Waals surface area contributed by atoms with Crippen LogP contribution in [-0.4, -0.2) is 56.7 Å². The quantitative estimate of drug-likeness (QED) is 0.448. The van der Waals surface area contributed by atoms with Crippen LogP contribution in [0.1, 0.15) is 34.0 Å². The van der Waals surface area contributed by atoms with Crippen molar-refractivity contribution in [3.63, 3.8) is 0 Å². The third kappa shape index (κ3) is 7.08. The minimum atomic E-state index is -0.0901. The molecule has 0 spiro atoms. The number of ether oxygens (including phenoxy) is 1. The van der Waals surface area contributed by atoms with Gasteiger partial charge in [0.05, 0.1) is 19.8 Å². The fraction of sp³-hybridized carbons (Fsp3) is 0.417. The van der Waals surface area contributed by atoms with Crippen LogP contribution in [-0.2, 0) is 24.4 Å². The van der Waals surface area contributed by atoms with E-state index in [1.54, 1.807) is 13.1 Å². The summed E-state index contributed by atoms with van der Waals surface area (Å²) in [5.41, 5.74) is 4.23. The normalized spacial score (nSPS) is 14.8. The molecular formula is C24H33N5O2. The molecule has 2 aromatic carbocycles. The molecule has 0 atom stereocenters. The number of aliphatic imine (C=N–C) groups is 1. The third-order valence-electron chi connectivity index (χ3n) is 5.24. The number of morpholine rings is 1. The van der Waals surface area contributed by atoms with Crippen molar-refractivity contribution in [2.24, 2.45) is 4.99 Å². The van der Waals surface area contributed by atoms with Gasteiger partial charge in [0.25, 0.3) is 5.91 Å². The average Bonchev–Trinajstić information content (AvgIpc) is 2.82. The zero-order valence-corrected chi connectivity index (χ0v) is 18.5. The molecule has 0 unspecified atom stereocenters. The Morgan fingerprint density at radius 3 is 2.58 bits per heavy atom. The molecule has 1 aliphatic rings. The number of carbonyl (C=O) groups excluding carboxylic acids is 1. The van der Waals surface area contributed by atoms with E-state index in [0.29, 0.717) is 18.7 Å². The van der Waals surface area contributed by atoms with Gasteiger partial charge in [0.1, 0.15) is 0 Å². The van der Waals surface area contributed by atoms with Crippen molar-refractivity contribution in [3.8, 4) is 0 Å². The molecule has 31 heavy (non-hydrogen) atoms. The number of amides is 1. The van der Waals surface area contributed by atoms with E-state index in [1.165, 1.54) is 11.1 Å². The summed E-state index contributed by atoms with van der Waals surface area (Å²) in [6.45, 7) is 8.51. The van der Waals surface area contributed by atoms with Gasteiger partial charge in [0.2, 0.25) is 0 Å². The topological polar surface area (TPSA) is 78.0 Å². The number of rotatable bonds is 8. The molecular weight excluding hydrogens is 390 g/mol. The molecule has 7 heteroatoms. The fourth-order valence-electron chi connectivity index (χ4n) is 3.53. The summed E-state index contributed by atoms with van der Waals surface area (Å²) < 4.78 is 5.46. The lowest BCUT2D eigenvalue weighted by atomic mass is 10.1. The number of nitrogens with zero attached hydrogens (tertiary/aromatic N) is 2. The molecule has 2 aromatic rings.